The van der Waals surface area contributed by atoms with Gasteiger partial charge in [-0.05, 0) is 64.1 Å². The minimum absolute atomic E-state index is 0.0715. The number of allylic oxidation sites excluding steroid dienone is 1. The Bertz CT molecular complexity index is 1530. The standard InChI is InChI=1S/C34H35N2O/c1-3-10-24-18-20-36(2,33(21-24)34(37)30-17-19-35-32-16-9-8-15-29(30)32)23-31-27-13-6-4-11-25(27)22-26-12-5-7-14-28(26)31/h3-9,11-17,19,22,24,33-34,37H,1,10,18,20-21,23H2,2H3/q+1/t24?,33?,34-,36?/m1/s1. The third-order valence-electron chi connectivity index (χ3n) is 8.69. The highest BCUT2D eigenvalue weighted by molar-refractivity contribution is 6.02. The van der Waals surface area contributed by atoms with Crippen LogP contribution in [0.2, 0.25) is 0 Å². The molecular formula is C34H35N2O+. The van der Waals surface area contributed by atoms with E-state index >= 15 is 0 Å². The van der Waals surface area contributed by atoms with Crippen LogP contribution in [0, 0.1) is 5.92 Å². The van der Waals surface area contributed by atoms with Crippen molar-refractivity contribution in [3.63, 3.8) is 0 Å². The number of aliphatic hydroxyl groups excluding tert-OH is 1. The minimum atomic E-state index is -0.577. The van der Waals surface area contributed by atoms with Crippen molar-refractivity contribution in [3.05, 3.63) is 115 Å². The second-order valence-corrected chi connectivity index (χ2v) is 11.0. The highest BCUT2D eigenvalue weighted by Gasteiger charge is 2.44. The summed E-state index contributed by atoms with van der Waals surface area (Å²) in [5.41, 5.74) is 3.31. The van der Waals surface area contributed by atoms with E-state index < -0.39 is 6.10 Å². The van der Waals surface area contributed by atoms with Crippen molar-refractivity contribution in [2.75, 3.05) is 13.6 Å². The number of likely N-dealkylation sites (N-methyl/N-ethyl adjacent to an activating group) is 1. The number of nitrogens with zero attached hydrogens (tertiary/aromatic N) is 2. The van der Waals surface area contributed by atoms with Crippen molar-refractivity contribution < 1.29 is 9.59 Å². The highest BCUT2D eigenvalue weighted by Crippen LogP contribution is 2.41. The summed E-state index contributed by atoms with van der Waals surface area (Å²) in [6.45, 7) is 5.93. The van der Waals surface area contributed by atoms with Gasteiger partial charge in [0.15, 0.2) is 0 Å². The lowest BCUT2D eigenvalue weighted by molar-refractivity contribution is -0.955. The molecule has 3 heteroatoms. The van der Waals surface area contributed by atoms with Gasteiger partial charge in [0.1, 0.15) is 18.7 Å². The number of benzene rings is 4. The van der Waals surface area contributed by atoms with Gasteiger partial charge in [0.2, 0.25) is 0 Å². The molecule has 0 radical (unpaired) electrons. The van der Waals surface area contributed by atoms with Crippen LogP contribution >= 0.6 is 0 Å². The molecule has 0 saturated carbocycles. The van der Waals surface area contributed by atoms with Crippen molar-refractivity contribution in [1.82, 2.24) is 4.98 Å². The molecule has 5 aromatic rings. The van der Waals surface area contributed by atoms with Crippen LogP contribution in [0.15, 0.2) is 104 Å². The number of para-hydroxylation sites is 1. The van der Waals surface area contributed by atoms with Gasteiger partial charge in [-0.3, -0.25) is 4.98 Å². The summed E-state index contributed by atoms with van der Waals surface area (Å²) in [7, 11) is 2.36. The molecule has 1 aliphatic rings. The molecule has 2 heterocycles. The summed E-state index contributed by atoms with van der Waals surface area (Å²) in [6, 6.07) is 30.1. The van der Waals surface area contributed by atoms with Gasteiger partial charge < -0.3 is 9.59 Å². The molecule has 1 aliphatic heterocycles. The molecule has 1 saturated heterocycles. The second kappa shape index (κ2) is 9.74. The van der Waals surface area contributed by atoms with E-state index in [1.807, 2.05) is 36.5 Å². The van der Waals surface area contributed by atoms with Crippen molar-refractivity contribution in [2.24, 2.45) is 5.92 Å². The fourth-order valence-electron chi connectivity index (χ4n) is 6.70. The van der Waals surface area contributed by atoms with E-state index in [0.29, 0.717) is 5.92 Å². The van der Waals surface area contributed by atoms with E-state index in [1.165, 1.54) is 27.1 Å². The molecule has 0 bridgehead atoms. The maximum absolute atomic E-state index is 12.1. The third-order valence-corrected chi connectivity index (χ3v) is 8.69. The Hall–Kier alpha value is -3.53. The van der Waals surface area contributed by atoms with Crippen molar-refractivity contribution in [2.45, 2.75) is 38.0 Å². The molecule has 0 amide bonds. The van der Waals surface area contributed by atoms with Gasteiger partial charge in [-0.25, -0.2) is 0 Å². The third kappa shape index (κ3) is 4.33. The summed E-state index contributed by atoms with van der Waals surface area (Å²) in [6.07, 6.45) is 6.43. The van der Waals surface area contributed by atoms with Crippen LogP contribution in [0.1, 0.15) is 36.5 Å². The van der Waals surface area contributed by atoms with Gasteiger partial charge in [0.25, 0.3) is 0 Å². The quantitative estimate of drug-likeness (QED) is 0.152. The van der Waals surface area contributed by atoms with Gasteiger partial charge in [0, 0.05) is 23.6 Å². The van der Waals surface area contributed by atoms with Crippen molar-refractivity contribution in [3.8, 4) is 0 Å². The number of hydrogen-bond acceptors (Lipinski definition) is 2. The molecular weight excluding hydrogens is 452 g/mol. The lowest BCUT2D eigenvalue weighted by Crippen LogP contribution is -2.58. The molecule has 186 valence electrons. The van der Waals surface area contributed by atoms with Crippen molar-refractivity contribution >= 4 is 32.4 Å². The Morgan fingerprint density at radius 1 is 0.946 bits per heavy atom. The maximum Gasteiger partial charge on any atom is 0.131 e. The summed E-state index contributed by atoms with van der Waals surface area (Å²) in [5, 5.41) is 18.3. The highest BCUT2D eigenvalue weighted by atomic mass is 16.3. The summed E-state index contributed by atoms with van der Waals surface area (Å²) >= 11 is 0. The number of fused-ring (bicyclic) bond motifs is 3. The van der Waals surface area contributed by atoms with Crippen LogP contribution in [0.4, 0.5) is 0 Å². The summed E-state index contributed by atoms with van der Waals surface area (Å²) < 4.78 is 0.809. The number of aliphatic hydroxyl groups is 1. The summed E-state index contributed by atoms with van der Waals surface area (Å²) in [5.74, 6) is 0.542. The first-order valence-electron chi connectivity index (χ1n) is 13.4. The SMILES string of the molecule is C=CCC1CC[N+](C)(Cc2c3ccccc3cc3ccccc23)C([C@H](O)c2ccnc3ccccc23)C1. The number of pyridine rings is 1. The molecule has 6 rings (SSSR count). The lowest BCUT2D eigenvalue weighted by Gasteiger charge is -2.49. The monoisotopic (exact) mass is 487 g/mol. The number of quaternary nitrogens is 1. The number of piperidine rings is 1. The normalized spacial score (nSPS) is 22.9. The van der Waals surface area contributed by atoms with Crippen LogP contribution in [0.3, 0.4) is 0 Å². The summed E-state index contributed by atoms with van der Waals surface area (Å²) in [4.78, 5) is 4.56. The van der Waals surface area contributed by atoms with Gasteiger partial charge in [-0.1, -0.05) is 72.8 Å². The van der Waals surface area contributed by atoms with Crippen LogP contribution in [0.25, 0.3) is 32.4 Å². The lowest BCUT2D eigenvalue weighted by atomic mass is 9.81. The molecule has 1 aromatic heterocycles. The van der Waals surface area contributed by atoms with Crippen LogP contribution in [-0.2, 0) is 6.54 Å². The molecule has 0 aliphatic carbocycles. The maximum atomic E-state index is 12.1. The number of aromatic nitrogens is 1. The first-order chi connectivity index (χ1) is 18.1. The molecule has 1 N–H and O–H groups in total. The Morgan fingerprint density at radius 2 is 1.59 bits per heavy atom. The van der Waals surface area contributed by atoms with E-state index in [9.17, 15) is 5.11 Å². The first-order valence-corrected chi connectivity index (χ1v) is 13.4. The zero-order valence-electron chi connectivity index (χ0n) is 21.6. The first kappa shape index (κ1) is 23.8. The number of rotatable bonds is 6. The van der Waals surface area contributed by atoms with Crippen LogP contribution in [0.5, 0.6) is 0 Å². The molecule has 37 heavy (non-hydrogen) atoms. The van der Waals surface area contributed by atoms with E-state index in [4.69, 9.17) is 0 Å². The predicted molar refractivity (Wildman–Crippen MR) is 154 cm³/mol. The number of likely N-dealkylation sites (tertiary alicyclic amines) is 1. The topological polar surface area (TPSA) is 33.1 Å². The Morgan fingerprint density at radius 3 is 2.30 bits per heavy atom. The Kier molecular flexibility index (Phi) is 6.27. The Labute approximate surface area is 219 Å². The van der Waals surface area contributed by atoms with E-state index in [-0.39, 0.29) is 6.04 Å². The van der Waals surface area contributed by atoms with Crippen molar-refractivity contribution in [1.29, 1.82) is 0 Å². The smallest absolute Gasteiger partial charge is 0.131 e. The largest absolute Gasteiger partial charge is 0.382 e. The molecule has 3 nitrogen and oxygen atoms in total. The second-order valence-electron chi connectivity index (χ2n) is 11.0. The van der Waals surface area contributed by atoms with Gasteiger partial charge in [0.05, 0.1) is 19.1 Å². The van der Waals surface area contributed by atoms with E-state index in [1.54, 1.807) is 0 Å². The Balaban J connectivity index is 1.47. The fourth-order valence-corrected chi connectivity index (χ4v) is 6.70. The molecule has 4 aromatic carbocycles. The van der Waals surface area contributed by atoms with Gasteiger partial charge in [-0.15, -0.1) is 6.58 Å². The molecule has 1 fully saturated rings. The predicted octanol–water partition coefficient (Wildman–Crippen LogP) is 7.58. The average Bonchev–Trinajstić information content (AvgIpc) is 2.93. The zero-order valence-corrected chi connectivity index (χ0v) is 21.6. The fraction of sp³-hybridized carbons (Fsp3) is 0.265. The van der Waals surface area contributed by atoms with Gasteiger partial charge >= 0.3 is 0 Å². The average molecular weight is 488 g/mol. The van der Waals surface area contributed by atoms with Crippen LogP contribution in [-0.4, -0.2) is 34.2 Å². The van der Waals surface area contributed by atoms with E-state index in [2.05, 4.69) is 79.3 Å². The minimum Gasteiger partial charge on any atom is -0.382 e. The molecule has 3 unspecified atom stereocenters. The number of hydrogen-bond donors (Lipinski definition) is 1. The zero-order chi connectivity index (χ0) is 25.4. The van der Waals surface area contributed by atoms with Gasteiger partial charge in [-0.2, -0.15) is 0 Å². The van der Waals surface area contributed by atoms with E-state index in [0.717, 1.165) is 53.3 Å². The van der Waals surface area contributed by atoms with Crippen LogP contribution < -0.4 is 0 Å². The molecule has 0 spiro atoms. The molecule has 4 atom stereocenters.